The summed E-state index contributed by atoms with van der Waals surface area (Å²) < 4.78 is 41.5. The molecule has 0 aliphatic rings. The van der Waals surface area contributed by atoms with E-state index in [9.17, 15) is 18.0 Å². The molecule has 0 aliphatic carbocycles. The van der Waals surface area contributed by atoms with E-state index < -0.39 is 11.7 Å². The zero-order valence-corrected chi connectivity index (χ0v) is 19.6. The first kappa shape index (κ1) is 28.7. The summed E-state index contributed by atoms with van der Waals surface area (Å²) in [7, 11) is 0. The lowest BCUT2D eigenvalue weighted by Crippen LogP contribution is -2.05. The number of benzene rings is 1. The topological polar surface area (TPSA) is 69.1 Å². The van der Waals surface area contributed by atoms with Crippen LogP contribution in [0, 0.1) is 12.8 Å². The fourth-order valence-corrected chi connectivity index (χ4v) is 3.02. The van der Waals surface area contributed by atoms with Crippen molar-refractivity contribution in [2.45, 2.75) is 85.7 Å². The third kappa shape index (κ3) is 11.0. The summed E-state index contributed by atoms with van der Waals surface area (Å²) >= 11 is 0. The molecule has 0 radical (unpaired) electrons. The Labute approximate surface area is 184 Å². The molecule has 0 saturated heterocycles. The molecule has 0 aliphatic heterocycles. The minimum Gasteiger partial charge on any atom is -0.368 e. The van der Waals surface area contributed by atoms with Crippen LogP contribution >= 0.6 is 0 Å². The van der Waals surface area contributed by atoms with E-state index in [2.05, 4.69) is 25.9 Å². The van der Waals surface area contributed by atoms with Gasteiger partial charge in [-0.25, -0.2) is 0 Å². The van der Waals surface area contributed by atoms with Crippen molar-refractivity contribution >= 4 is 12.2 Å². The number of aromatic nitrogens is 1. The van der Waals surface area contributed by atoms with Gasteiger partial charge in [-0.1, -0.05) is 59.0 Å². The number of hydrogen-bond donors (Lipinski definition) is 1. The molecular formula is C24H37F3N2O2. The van der Waals surface area contributed by atoms with Crippen molar-refractivity contribution in [3.63, 3.8) is 0 Å². The first-order valence-electron chi connectivity index (χ1n) is 11.0. The fourth-order valence-electron chi connectivity index (χ4n) is 3.02. The molecule has 31 heavy (non-hydrogen) atoms. The van der Waals surface area contributed by atoms with E-state index in [0.717, 1.165) is 23.7 Å². The van der Waals surface area contributed by atoms with Crippen molar-refractivity contribution < 1.29 is 22.5 Å². The quantitative estimate of drug-likeness (QED) is 0.423. The molecule has 0 bridgehead atoms. The van der Waals surface area contributed by atoms with Gasteiger partial charge in [0.1, 0.15) is 6.29 Å². The predicted molar refractivity (Wildman–Crippen MR) is 120 cm³/mol. The third-order valence-corrected chi connectivity index (χ3v) is 4.87. The van der Waals surface area contributed by atoms with Gasteiger partial charge in [-0.2, -0.15) is 13.2 Å². The smallest absolute Gasteiger partial charge is 0.368 e. The summed E-state index contributed by atoms with van der Waals surface area (Å²) in [6.45, 7) is 12.3. The van der Waals surface area contributed by atoms with Crippen molar-refractivity contribution in [2.24, 2.45) is 5.92 Å². The molecule has 0 spiro atoms. The molecule has 1 aromatic heterocycles. The van der Waals surface area contributed by atoms with Gasteiger partial charge in [0.25, 0.3) is 0 Å². The molecule has 0 fully saturated rings. The van der Waals surface area contributed by atoms with E-state index in [1.807, 2.05) is 19.9 Å². The monoisotopic (exact) mass is 442 g/mol. The lowest BCUT2D eigenvalue weighted by atomic mass is 9.90. The largest absolute Gasteiger partial charge is 0.416 e. The van der Waals surface area contributed by atoms with Crippen LogP contribution in [0.3, 0.4) is 0 Å². The van der Waals surface area contributed by atoms with Crippen molar-refractivity contribution in [3.05, 3.63) is 46.6 Å². The average Bonchev–Trinajstić information content (AvgIpc) is 3.17. The summed E-state index contributed by atoms with van der Waals surface area (Å²) in [5, 5.41) is 4.04. The number of carbonyl (C=O) groups excluding carboxylic acids is 1. The molecule has 2 unspecified atom stereocenters. The van der Waals surface area contributed by atoms with Gasteiger partial charge in [-0.05, 0) is 49.4 Å². The maximum absolute atomic E-state index is 12.2. The highest BCUT2D eigenvalue weighted by molar-refractivity contribution is 5.75. The second-order valence-electron chi connectivity index (χ2n) is 7.48. The SMILES string of the molecule is CC.CCCC(CCC(C)CC)c1cc(N)on1.Cc1cc(C=O)cc(C(F)(F)F)c1. The van der Waals surface area contributed by atoms with E-state index in [1.54, 1.807) is 0 Å². The Hall–Kier alpha value is -2.31. The summed E-state index contributed by atoms with van der Waals surface area (Å²) in [5.41, 5.74) is 6.29. The van der Waals surface area contributed by atoms with E-state index in [1.165, 1.54) is 45.1 Å². The van der Waals surface area contributed by atoms with Crippen LogP contribution in [0.15, 0.2) is 28.8 Å². The number of halogens is 3. The van der Waals surface area contributed by atoms with Gasteiger partial charge in [0, 0.05) is 17.5 Å². The Kier molecular flexibility index (Phi) is 13.6. The van der Waals surface area contributed by atoms with Crippen LogP contribution in [-0.4, -0.2) is 11.4 Å². The zero-order chi connectivity index (χ0) is 24.0. The first-order chi connectivity index (χ1) is 14.6. The minimum absolute atomic E-state index is 0.0484. The molecule has 7 heteroatoms. The normalized spacial score (nSPS) is 12.7. The number of nitrogen functional groups attached to an aromatic ring is 1. The van der Waals surface area contributed by atoms with E-state index >= 15 is 0 Å². The summed E-state index contributed by atoms with van der Waals surface area (Å²) in [6, 6.07) is 5.12. The van der Waals surface area contributed by atoms with Crippen molar-refractivity contribution in [3.8, 4) is 0 Å². The molecular weight excluding hydrogens is 405 g/mol. The molecule has 1 aromatic carbocycles. The summed E-state index contributed by atoms with van der Waals surface area (Å²) in [5.74, 6) is 1.74. The molecule has 4 nitrogen and oxygen atoms in total. The molecule has 176 valence electrons. The highest BCUT2D eigenvalue weighted by Crippen LogP contribution is 2.30. The maximum Gasteiger partial charge on any atom is 0.416 e. The number of alkyl halides is 3. The first-order valence-corrected chi connectivity index (χ1v) is 11.0. The fraction of sp³-hybridized carbons (Fsp3) is 0.583. The number of nitrogens with two attached hydrogens (primary N) is 1. The van der Waals surface area contributed by atoms with Crippen LogP contribution in [0.5, 0.6) is 0 Å². The van der Waals surface area contributed by atoms with Gasteiger partial charge in [-0.15, -0.1) is 0 Å². The van der Waals surface area contributed by atoms with E-state index in [0.29, 0.717) is 23.7 Å². The van der Waals surface area contributed by atoms with Gasteiger partial charge in [0.15, 0.2) is 0 Å². The van der Waals surface area contributed by atoms with Crippen LogP contribution in [0.2, 0.25) is 0 Å². The Balaban J connectivity index is 0.000000547. The second-order valence-corrected chi connectivity index (χ2v) is 7.48. The molecule has 0 amide bonds. The maximum atomic E-state index is 12.2. The molecule has 2 atom stereocenters. The average molecular weight is 443 g/mol. The van der Waals surface area contributed by atoms with Crippen LogP contribution in [0.25, 0.3) is 0 Å². The van der Waals surface area contributed by atoms with E-state index in [-0.39, 0.29) is 5.56 Å². The van der Waals surface area contributed by atoms with Gasteiger partial charge >= 0.3 is 6.18 Å². The van der Waals surface area contributed by atoms with Crippen LogP contribution in [-0.2, 0) is 6.18 Å². The minimum atomic E-state index is -4.39. The number of hydrogen-bond acceptors (Lipinski definition) is 4. The number of aldehydes is 1. The Morgan fingerprint density at radius 3 is 2.19 bits per heavy atom. The van der Waals surface area contributed by atoms with Crippen molar-refractivity contribution in [2.75, 3.05) is 5.73 Å². The highest BCUT2D eigenvalue weighted by atomic mass is 19.4. The highest BCUT2D eigenvalue weighted by Gasteiger charge is 2.30. The predicted octanol–water partition coefficient (Wildman–Crippen LogP) is 7.82. The Bertz CT molecular complexity index is 758. The molecule has 2 rings (SSSR count). The third-order valence-electron chi connectivity index (χ3n) is 4.87. The van der Waals surface area contributed by atoms with Crippen LogP contribution in [0.1, 0.15) is 99.8 Å². The van der Waals surface area contributed by atoms with Crippen LogP contribution in [0.4, 0.5) is 19.1 Å². The summed E-state index contributed by atoms with van der Waals surface area (Å²) in [6.07, 6.45) is 2.06. The number of carbonyl (C=O) groups is 1. The molecule has 2 aromatic rings. The van der Waals surface area contributed by atoms with Gasteiger partial charge in [-0.3, -0.25) is 4.79 Å². The van der Waals surface area contributed by atoms with Gasteiger partial charge < -0.3 is 10.3 Å². The number of aryl methyl sites for hydroxylation is 1. The van der Waals surface area contributed by atoms with Gasteiger partial charge in [0.2, 0.25) is 5.88 Å². The van der Waals surface area contributed by atoms with Crippen molar-refractivity contribution in [1.82, 2.24) is 5.16 Å². The number of rotatable bonds is 8. The molecule has 1 heterocycles. The number of anilines is 1. The Morgan fingerprint density at radius 1 is 1.10 bits per heavy atom. The lowest BCUT2D eigenvalue weighted by molar-refractivity contribution is -0.137. The van der Waals surface area contributed by atoms with Crippen molar-refractivity contribution in [1.29, 1.82) is 0 Å². The van der Waals surface area contributed by atoms with E-state index in [4.69, 9.17) is 10.3 Å². The standard InChI is InChI=1S/C13H24N2O.C9H7F3O.C2H6/c1-4-6-11(8-7-10(3)5-2)12-9-13(14)16-15-12;1-6-2-7(5-13)4-8(3-6)9(10,11)12;1-2/h9-11H,4-8,14H2,1-3H3;2-5H,1H3;1-2H3. The van der Waals surface area contributed by atoms with Gasteiger partial charge in [0.05, 0.1) is 11.3 Å². The summed E-state index contributed by atoms with van der Waals surface area (Å²) in [4.78, 5) is 10.3. The number of nitrogens with zero attached hydrogens (tertiary/aromatic N) is 1. The second kappa shape index (κ2) is 14.7. The molecule has 0 saturated carbocycles. The molecule has 2 N–H and O–H groups in total. The Morgan fingerprint density at radius 2 is 1.74 bits per heavy atom. The van der Waals surface area contributed by atoms with Crippen LogP contribution < -0.4 is 5.73 Å². The lowest BCUT2D eigenvalue weighted by Gasteiger charge is -2.15. The zero-order valence-electron chi connectivity index (χ0n) is 19.6.